The zero-order valence-electron chi connectivity index (χ0n) is 43.1. The number of aromatic nitrogens is 2. The topological polar surface area (TPSA) is 33.5 Å². The van der Waals surface area contributed by atoms with Crippen LogP contribution < -0.4 is 14.5 Å². The van der Waals surface area contributed by atoms with Gasteiger partial charge in [-0.1, -0.05) is 96.1 Å². The third-order valence-corrected chi connectivity index (χ3v) is 17.7. The van der Waals surface area contributed by atoms with Crippen LogP contribution >= 0.6 is 0 Å². The van der Waals surface area contributed by atoms with Crippen LogP contribution in [0.4, 0.5) is 17.1 Å². The quantitative estimate of drug-likeness (QED) is 0.137. The van der Waals surface area contributed by atoms with Crippen LogP contribution in [0.25, 0.3) is 38.8 Å². The minimum atomic E-state index is -0.0330. The zero-order valence-corrected chi connectivity index (χ0v) is 43.1. The molecule has 0 radical (unpaired) electrons. The maximum absolute atomic E-state index is 7.23. The van der Waals surface area contributed by atoms with Crippen molar-refractivity contribution in [3.63, 3.8) is 0 Å². The first kappa shape index (κ1) is 44.8. The molecule has 13 rings (SSSR count). The maximum atomic E-state index is 7.23. The molecule has 356 valence electrons. The lowest BCUT2D eigenvalue weighted by molar-refractivity contribution is -0.0419. The largest absolute Gasteiger partial charge is 0.457 e. The normalized spacial score (nSPS) is 21.6. The van der Waals surface area contributed by atoms with Crippen LogP contribution in [0, 0.1) is 44.4 Å². The summed E-state index contributed by atoms with van der Waals surface area (Å²) in [4.78, 5) is 10.1. The first-order valence-electron chi connectivity index (χ1n) is 26.4. The summed E-state index contributed by atoms with van der Waals surface area (Å²) < 4.78 is 9.64. The first-order valence-corrected chi connectivity index (χ1v) is 26.4. The lowest BCUT2D eigenvalue weighted by atomic mass is 9.42. The molecule has 0 unspecified atom stereocenters. The summed E-state index contributed by atoms with van der Waals surface area (Å²) in [6.45, 7) is 21.7. The molecule has 0 saturated heterocycles. The van der Waals surface area contributed by atoms with Crippen LogP contribution in [0.3, 0.4) is 0 Å². The monoisotopic (exact) mass is 923 g/mol. The summed E-state index contributed by atoms with van der Waals surface area (Å²) in [5, 5.41) is 2.42. The highest BCUT2D eigenvalue weighted by Crippen LogP contribution is 2.65. The second-order valence-electron chi connectivity index (χ2n) is 23.0. The van der Waals surface area contributed by atoms with Crippen molar-refractivity contribution in [1.29, 1.82) is 0 Å². The van der Waals surface area contributed by atoms with Gasteiger partial charge in [-0.25, -0.2) is 4.98 Å². The predicted molar refractivity (Wildman–Crippen MR) is 293 cm³/mol. The molecule has 2 aromatic heterocycles. The second kappa shape index (κ2) is 16.9. The standard InChI is InChI=1S/C65H70N4O/c1-38(2)46-32-57(39(3)4)64(58(33-46)40(5)6)47-30-52(68-37-67(10)60-17-13-14-18-61(60)68)35-54(31-47)70-53-19-20-56-55-15-11-12-16-59(55)69(62(56)36-53)63-34-48(21-22-66-63)65(49-23-41(7)43(9)42(8)24-49)50-26-44-25-45(28-50)29-51(65)27-44/h11-24,30-36,38-40,44-45,50-51H,25-29,37H2,1-10H3. The maximum Gasteiger partial charge on any atom is 0.137 e. The summed E-state index contributed by atoms with van der Waals surface area (Å²) in [5.74, 6) is 6.74. The van der Waals surface area contributed by atoms with Crippen molar-refractivity contribution in [3.8, 4) is 28.4 Å². The molecule has 3 heterocycles. The Morgan fingerprint density at radius 1 is 0.586 bits per heavy atom. The average molecular weight is 923 g/mol. The average Bonchev–Trinajstić information content (AvgIpc) is 3.86. The molecule has 5 aliphatic rings. The molecule has 6 aromatic carbocycles. The van der Waals surface area contributed by atoms with Gasteiger partial charge in [-0.15, -0.1) is 0 Å². The summed E-state index contributed by atoms with van der Waals surface area (Å²) in [6, 6.07) is 46.1. The number of nitrogens with zero attached hydrogens (tertiary/aromatic N) is 4. The van der Waals surface area contributed by atoms with Gasteiger partial charge in [-0.3, -0.25) is 4.57 Å². The fraction of sp³-hybridized carbons (Fsp3) is 0.369. The molecule has 0 spiro atoms. The van der Waals surface area contributed by atoms with E-state index in [4.69, 9.17) is 9.72 Å². The highest BCUT2D eigenvalue weighted by Gasteiger charge is 2.58. The SMILES string of the molecule is Cc1cc(C2(c3ccnc(-n4c5ccccc5c5ccc(Oc6cc(-c7c(C(C)C)cc(C(C)C)cc7C(C)C)cc(N7CN(C)c8ccccc87)c6)cc54)c3)C3CC4CC(C3)CC2C4)cc(C)c1C. The number of ether oxygens (including phenoxy) is 1. The minimum absolute atomic E-state index is 0.0330. The van der Waals surface area contributed by atoms with Gasteiger partial charge in [0.05, 0.1) is 29.1 Å². The van der Waals surface area contributed by atoms with Crippen LogP contribution in [0.5, 0.6) is 11.5 Å². The highest BCUT2D eigenvalue weighted by molar-refractivity contribution is 6.09. The Kier molecular flexibility index (Phi) is 10.8. The predicted octanol–water partition coefficient (Wildman–Crippen LogP) is 17.2. The summed E-state index contributed by atoms with van der Waals surface area (Å²) in [7, 11) is 2.19. The lowest BCUT2D eigenvalue weighted by Gasteiger charge is -2.62. The van der Waals surface area contributed by atoms with Crippen LogP contribution in [0.15, 0.2) is 128 Å². The van der Waals surface area contributed by atoms with E-state index in [1.165, 1.54) is 110 Å². The van der Waals surface area contributed by atoms with Crippen LogP contribution in [0.2, 0.25) is 0 Å². The molecular formula is C65H70N4O. The van der Waals surface area contributed by atoms with Crippen LogP contribution in [0.1, 0.15) is 136 Å². The molecule has 1 aliphatic heterocycles. The van der Waals surface area contributed by atoms with Gasteiger partial charge in [0.1, 0.15) is 17.3 Å². The van der Waals surface area contributed by atoms with Gasteiger partial charge < -0.3 is 14.5 Å². The van der Waals surface area contributed by atoms with Crippen molar-refractivity contribution in [1.82, 2.24) is 9.55 Å². The molecule has 70 heavy (non-hydrogen) atoms. The van der Waals surface area contributed by atoms with E-state index < -0.39 is 0 Å². The molecule has 4 aliphatic carbocycles. The number of hydrogen-bond donors (Lipinski definition) is 0. The van der Waals surface area contributed by atoms with Gasteiger partial charge in [-0.05, 0) is 205 Å². The van der Waals surface area contributed by atoms with E-state index in [0.717, 1.165) is 52.5 Å². The van der Waals surface area contributed by atoms with E-state index in [1.54, 1.807) is 0 Å². The number of aryl methyl sites for hydroxylation is 2. The lowest BCUT2D eigenvalue weighted by Crippen LogP contribution is -2.56. The molecule has 4 saturated carbocycles. The van der Waals surface area contributed by atoms with E-state index in [0.29, 0.717) is 29.6 Å². The third kappa shape index (κ3) is 7.11. The number of benzene rings is 6. The summed E-state index contributed by atoms with van der Waals surface area (Å²) in [5.41, 5.74) is 19.7. The molecule has 5 heteroatoms. The minimum Gasteiger partial charge on any atom is -0.457 e. The Labute approximate surface area is 416 Å². The third-order valence-electron chi connectivity index (χ3n) is 17.7. The van der Waals surface area contributed by atoms with Gasteiger partial charge in [0.2, 0.25) is 0 Å². The zero-order chi connectivity index (χ0) is 48.3. The van der Waals surface area contributed by atoms with E-state index in [1.807, 2.05) is 0 Å². The van der Waals surface area contributed by atoms with Gasteiger partial charge in [-0.2, -0.15) is 0 Å². The van der Waals surface area contributed by atoms with Crippen molar-refractivity contribution in [2.24, 2.45) is 23.7 Å². The molecule has 4 fully saturated rings. The van der Waals surface area contributed by atoms with Crippen LogP contribution in [-0.2, 0) is 5.41 Å². The second-order valence-corrected chi connectivity index (χ2v) is 23.0. The number of anilines is 3. The van der Waals surface area contributed by atoms with Crippen molar-refractivity contribution < 1.29 is 4.74 Å². The van der Waals surface area contributed by atoms with Gasteiger partial charge >= 0.3 is 0 Å². The fourth-order valence-corrected chi connectivity index (χ4v) is 14.3. The molecule has 4 bridgehead atoms. The van der Waals surface area contributed by atoms with E-state index >= 15 is 0 Å². The molecule has 0 atom stereocenters. The van der Waals surface area contributed by atoms with Crippen molar-refractivity contribution >= 4 is 38.9 Å². The van der Waals surface area contributed by atoms with Gasteiger partial charge in [0.25, 0.3) is 0 Å². The van der Waals surface area contributed by atoms with Crippen molar-refractivity contribution in [2.45, 2.75) is 118 Å². The Balaban J connectivity index is 1.02. The highest BCUT2D eigenvalue weighted by atomic mass is 16.5. The Morgan fingerprint density at radius 3 is 1.90 bits per heavy atom. The number of fused-ring (bicyclic) bond motifs is 4. The smallest absolute Gasteiger partial charge is 0.137 e. The summed E-state index contributed by atoms with van der Waals surface area (Å²) in [6.07, 6.45) is 8.86. The molecule has 5 nitrogen and oxygen atoms in total. The number of rotatable bonds is 10. The Bertz CT molecular complexity index is 3270. The molecule has 0 N–H and O–H groups in total. The fourth-order valence-electron chi connectivity index (χ4n) is 14.3. The molecular weight excluding hydrogens is 853 g/mol. The van der Waals surface area contributed by atoms with Gasteiger partial charge in [0, 0.05) is 47.3 Å². The van der Waals surface area contributed by atoms with Crippen molar-refractivity contribution in [3.05, 3.63) is 172 Å². The first-order chi connectivity index (χ1) is 33.8. The summed E-state index contributed by atoms with van der Waals surface area (Å²) >= 11 is 0. The van der Waals surface area contributed by atoms with Crippen molar-refractivity contribution in [2.75, 3.05) is 23.5 Å². The molecule has 8 aromatic rings. The molecule has 0 amide bonds. The Morgan fingerprint density at radius 2 is 1.23 bits per heavy atom. The van der Waals surface area contributed by atoms with E-state index in [-0.39, 0.29) is 5.41 Å². The number of hydrogen-bond acceptors (Lipinski definition) is 4. The number of pyridine rings is 1. The number of para-hydroxylation sites is 3. The van der Waals surface area contributed by atoms with Crippen LogP contribution in [-0.4, -0.2) is 23.3 Å². The van der Waals surface area contributed by atoms with Gasteiger partial charge in [0.15, 0.2) is 0 Å². The van der Waals surface area contributed by atoms with E-state index in [9.17, 15) is 0 Å². The van der Waals surface area contributed by atoms with E-state index in [2.05, 4.69) is 211 Å². The Hall–Kier alpha value is -6.33.